The Morgan fingerprint density at radius 2 is 1.84 bits per heavy atom. The molecule has 0 saturated carbocycles. The van der Waals surface area contributed by atoms with Gasteiger partial charge in [-0.2, -0.15) is 18.3 Å². The minimum Gasteiger partial charge on any atom is -0.473 e. The van der Waals surface area contributed by atoms with Gasteiger partial charge in [0.25, 0.3) is 0 Å². The molecule has 9 heteroatoms. The van der Waals surface area contributed by atoms with Crippen LogP contribution in [-0.4, -0.2) is 25.9 Å². The van der Waals surface area contributed by atoms with E-state index in [1.165, 1.54) is 18.7 Å². The molecule has 3 aromatic rings. The summed E-state index contributed by atoms with van der Waals surface area (Å²) in [5.74, 6) is 0.0915. The Labute approximate surface area is 141 Å². The van der Waals surface area contributed by atoms with Crippen LogP contribution < -0.4 is 10.5 Å². The summed E-state index contributed by atoms with van der Waals surface area (Å²) in [6.45, 7) is -1.18. The highest BCUT2D eigenvalue weighted by molar-refractivity contribution is 5.76. The number of nitrogens with zero attached hydrogens (tertiary/aromatic N) is 4. The fourth-order valence-corrected chi connectivity index (χ4v) is 2.27. The topological polar surface area (TPSA) is 78.9 Å². The summed E-state index contributed by atoms with van der Waals surface area (Å²) in [7, 11) is 0. The zero-order chi connectivity index (χ0) is 17.9. The molecule has 0 fully saturated rings. The molecule has 0 aliphatic heterocycles. The number of aromatic nitrogens is 4. The quantitative estimate of drug-likeness (QED) is 0.766. The van der Waals surface area contributed by atoms with Crippen LogP contribution >= 0.6 is 0 Å². The predicted molar refractivity (Wildman–Crippen MR) is 84.5 cm³/mol. The predicted octanol–water partition coefficient (Wildman–Crippen LogP) is 3.06. The molecule has 0 bridgehead atoms. The summed E-state index contributed by atoms with van der Waals surface area (Å²) in [5, 5.41) is 3.79. The van der Waals surface area contributed by atoms with Crippen LogP contribution in [0.1, 0.15) is 5.56 Å². The van der Waals surface area contributed by atoms with Crippen molar-refractivity contribution >= 4 is 5.82 Å². The number of hydrogen-bond donors (Lipinski definition) is 1. The molecule has 0 atom stereocenters. The van der Waals surface area contributed by atoms with Gasteiger partial charge in [0.15, 0.2) is 0 Å². The van der Waals surface area contributed by atoms with Crippen molar-refractivity contribution in [1.29, 1.82) is 0 Å². The molecule has 0 spiro atoms. The Hall–Kier alpha value is -3.10. The molecular weight excluding hydrogens is 335 g/mol. The molecule has 1 aromatic carbocycles. The van der Waals surface area contributed by atoms with E-state index in [4.69, 9.17) is 10.5 Å². The van der Waals surface area contributed by atoms with Gasteiger partial charge in [-0.1, -0.05) is 30.3 Å². The summed E-state index contributed by atoms with van der Waals surface area (Å²) in [5.41, 5.74) is 7.27. The maximum Gasteiger partial charge on any atom is 0.408 e. The Balaban J connectivity index is 1.96. The van der Waals surface area contributed by atoms with Crippen molar-refractivity contribution in [3.8, 4) is 17.0 Å². The largest absolute Gasteiger partial charge is 0.473 e. The molecule has 130 valence electrons. The molecular formula is C16H14F3N5O. The molecule has 2 N–H and O–H groups in total. The van der Waals surface area contributed by atoms with E-state index in [0.29, 0.717) is 11.1 Å². The lowest BCUT2D eigenvalue weighted by molar-refractivity contribution is -0.143. The van der Waals surface area contributed by atoms with E-state index in [2.05, 4.69) is 15.1 Å². The van der Waals surface area contributed by atoms with Gasteiger partial charge in [0.2, 0.25) is 5.88 Å². The number of ether oxygens (including phenoxy) is 1. The Kier molecular flexibility index (Phi) is 4.55. The number of nitrogens with two attached hydrogens (primary N) is 1. The fraction of sp³-hybridized carbons (Fsp3) is 0.188. The lowest BCUT2D eigenvalue weighted by Crippen LogP contribution is -2.19. The summed E-state index contributed by atoms with van der Waals surface area (Å²) in [6.07, 6.45) is -0.510. The van der Waals surface area contributed by atoms with Gasteiger partial charge in [-0.15, -0.1) is 0 Å². The Bertz CT molecular complexity index is 848. The van der Waals surface area contributed by atoms with Gasteiger partial charge in [0, 0.05) is 11.8 Å². The summed E-state index contributed by atoms with van der Waals surface area (Å²) < 4.78 is 44.8. The monoisotopic (exact) mass is 349 g/mol. The van der Waals surface area contributed by atoms with E-state index >= 15 is 0 Å². The molecule has 0 amide bonds. The second kappa shape index (κ2) is 6.80. The molecule has 0 aliphatic rings. The van der Waals surface area contributed by atoms with Crippen LogP contribution in [0.15, 0.2) is 49.1 Å². The SMILES string of the molecule is Nc1ncncc1-c1cnn(CC(F)(F)F)c1OCc1ccccc1. The Morgan fingerprint density at radius 3 is 2.52 bits per heavy atom. The highest BCUT2D eigenvalue weighted by atomic mass is 19.4. The van der Waals surface area contributed by atoms with E-state index in [-0.39, 0.29) is 18.3 Å². The van der Waals surface area contributed by atoms with Gasteiger partial charge >= 0.3 is 6.18 Å². The standard InChI is InChI=1S/C16H14F3N5O/c17-16(18,19)9-24-15(25-8-11-4-2-1-3-5-11)13(7-23-24)12-6-21-10-22-14(12)20/h1-7,10H,8-9H2,(H2,20,21,22). The highest BCUT2D eigenvalue weighted by Gasteiger charge is 2.31. The zero-order valence-electron chi connectivity index (χ0n) is 12.9. The molecule has 2 heterocycles. The van der Waals surface area contributed by atoms with Crippen molar-refractivity contribution in [2.24, 2.45) is 0 Å². The molecule has 2 aromatic heterocycles. The van der Waals surface area contributed by atoms with E-state index in [1.54, 1.807) is 0 Å². The lowest BCUT2D eigenvalue weighted by atomic mass is 10.1. The first-order valence-electron chi connectivity index (χ1n) is 7.29. The van der Waals surface area contributed by atoms with Gasteiger partial charge < -0.3 is 10.5 Å². The molecule has 25 heavy (non-hydrogen) atoms. The number of benzene rings is 1. The number of alkyl halides is 3. The van der Waals surface area contributed by atoms with Gasteiger partial charge in [0.1, 0.15) is 25.3 Å². The van der Waals surface area contributed by atoms with Crippen LogP contribution in [-0.2, 0) is 13.2 Å². The van der Waals surface area contributed by atoms with E-state index in [0.717, 1.165) is 10.2 Å². The van der Waals surface area contributed by atoms with Gasteiger partial charge in [-0.25, -0.2) is 14.6 Å². The average Bonchev–Trinajstić information content (AvgIpc) is 2.95. The van der Waals surface area contributed by atoms with Crippen molar-refractivity contribution in [3.05, 3.63) is 54.6 Å². The van der Waals surface area contributed by atoms with Crippen LogP contribution in [0.5, 0.6) is 5.88 Å². The fourth-order valence-electron chi connectivity index (χ4n) is 2.27. The third kappa shape index (κ3) is 4.06. The third-order valence-electron chi connectivity index (χ3n) is 3.37. The summed E-state index contributed by atoms with van der Waals surface area (Å²) in [6, 6.07) is 9.09. The lowest BCUT2D eigenvalue weighted by Gasteiger charge is -2.13. The second-order valence-corrected chi connectivity index (χ2v) is 5.23. The second-order valence-electron chi connectivity index (χ2n) is 5.23. The molecule has 3 rings (SSSR count). The highest BCUT2D eigenvalue weighted by Crippen LogP contribution is 2.34. The van der Waals surface area contributed by atoms with Crippen molar-refractivity contribution in [3.63, 3.8) is 0 Å². The van der Waals surface area contributed by atoms with Gasteiger partial charge in [0.05, 0.1) is 11.8 Å². The van der Waals surface area contributed by atoms with Crippen molar-refractivity contribution in [2.75, 3.05) is 5.73 Å². The van der Waals surface area contributed by atoms with Crippen molar-refractivity contribution < 1.29 is 17.9 Å². The van der Waals surface area contributed by atoms with E-state index in [1.807, 2.05) is 30.3 Å². The van der Waals surface area contributed by atoms with Crippen molar-refractivity contribution in [2.45, 2.75) is 19.3 Å². The maximum atomic E-state index is 12.8. The first-order chi connectivity index (χ1) is 11.9. The third-order valence-corrected chi connectivity index (χ3v) is 3.37. The van der Waals surface area contributed by atoms with E-state index < -0.39 is 12.7 Å². The number of halogens is 3. The molecule has 6 nitrogen and oxygen atoms in total. The minimum atomic E-state index is -4.44. The first-order valence-corrected chi connectivity index (χ1v) is 7.29. The maximum absolute atomic E-state index is 12.8. The van der Waals surface area contributed by atoms with Crippen LogP contribution in [0.25, 0.3) is 11.1 Å². The molecule has 0 radical (unpaired) electrons. The van der Waals surface area contributed by atoms with Gasteiger partial charge in [-0.3, -0.25) is 0 Å². The molecule has 0 aliphatic carbocycles. The normalized spacial score (nSPS) is 11.5. The Morgan fingerprint density at radius 1 is 1.08 bits per heavy atom. The number of hydrogen-bond acceptors (Lipinski definition) is 5. The number of rotatable bonds is 5. The van der Waals surface area contributed by atoms with Gasteiger partial charge in [-0.05, 0) is 5.56 Å². The minimum absolute atomic E-state index is 0.0392. The molecule has 0 unspecified atom stereocenters. The van der Waals surface area contributed by atoms with Crippen LogP contribution in [0.4, 0.5) is 19.0 Å². The van der Waals surface area contributed by atoms with E-state index in [9.17, 15) is 13.2 Å². The first kappa shape index (κ1) is 16.7. The molecule has 0 saturated heterocycles. The average molecular weight is 349 g/mol. The number of anilines is 1. The summed E-state index contributed by atoms with van der Waals surface area (Å²) in [4.78, 5) is 7.71. The zero-order valence-corrected chi connectivity index (χ0v) is 12.9. The summed E-state index contributed by atoms with van der Waals surface area (Å²) >= 11 is 0. The van der Waals surface area contributed by atoms with Crippen molar-refractivity contribution in [1.82, 2.24) is 19.7 Å². The van der Waals surface area contributed by atoms with Crippen LogP contribution in [0, 0.1) is 0 Å². The van der Waals surface area contributed by atoms with Crippen LogP contribution in [0.3, 0.4) is 0 Å². The smallest absolute Gasteiger partial charge is 0.408 e. The van der Waals surface area contributed by atoms with Crippen LogP contribution in [0.2, 0.25) is 0 Å². The number of nitrogen functional groups attached to an aromatic ring is 1.